The van der Waals surface area contributed by atoms with Crippen LogP contribution < -0.4 is 16.4 Å². The maximum absolute atomic E-state index is 12.4. The van der Waals surface area contributed by atoms with Gasteiger partial charge in [-0.15, -0.1) is 12.4 Å². The Bertz CT molecular complexity index is 990. The molecule has 3 aromatic rings. The monoisotopic (exact) mass is 400 g/mol. The van der Waals surface area contributed by atoms with E-state index in [-0.39, 0.29) is 29.9 Å². The van der Waals surface area contributed by atoms with Crippen molar-refractivity contribution in [2.75, 3.05) is 16.4 Å². The largest absolute Gasteiger partial charge is 0.368 e. The molecule has 10 heteroatoms. The van der Waals surface area contributed by atoms with Gasteiger partial charge in [0.15, 0.2) is 0 Å². The molecule has 1 aromatic heterocycles. The Balaban J connectivity index is 0.00000280. The molecule has 0 saturated heterocycles. The molecular formula is C18H17ClN6O3. The molecule has 0 atom stereocenters. The lowest BCUT2D eigenvalue weighted by molar-refractivity contribution is -0.384. The number of nitro groups is 1. The number of amides is 1. The van der Waals surface area contributed by atoms with Crippen molar-refractivity contribution in [3.63, 3.8) is 0 Å². The highest BCUT2D eigenvalue weighted by atomic mass is 35.5. The number of nitrogens with one attached hydrogen (secondary N) is 2. The summed E-state index contributed by atoms with van der Waals surface area (Å²) in [6, 6.07) is 14.2. The summed E-state index contributed by atoms with van der Waals surface area (Å²) >= 11 is 0. The SMILES string of the molecule is Cc1cc(Nc2cccc(C(=O)Nc3ccc([N+](=O)[O-])cc3)c2)nc(N)n1.Cl. The molecule has 1 amide bonds. The smallest absolute Gasteiger partial charge is 0.269 e. The molecule has 0 fully saturated rings. The summed E-state index contributed by atoms with van der Waals surface area (Å²) in [5.41, 5.74) is 7.85. The number of anilines is 4. The minimum Gasteiger partial charge on any atom is -0.368 e. The van der Waals surface area contributed by atoms with Crippen molar-refractivity contribution < 1.29 is 9.72 Å². The molecule has 28 heavy (non-hydrogen) atoms. The van der Waals surface area contributed by atoms with Crippen LogP contribution in [0.4, 0.5) is 28.8 Å². The van der Waals surface area contributed by atoms with Crippen LogP contribution in [-0.2, 0) is 0 Å². The van der Waals surface area contributed by atoms with Crippen LogP contribution >= 0.6 is 12.4 Å². The molecule has 0 bridgehead atoms. The molecule has 0 aliphatic rings. The average molecular weight is 401 g/mol. The number of carbonyl (C=O) groups is 1. The summed E-state index contributed by atoms with van der Waals surface area (Å²) in [7, 11) is 0. The quantitative estimate of drug-likeness (QED) is 0.438. The van der Waals surface area contributed by atoms with Gasteiger partial charge in [0.25, 0.3) is 11.6 Å². The van der Waals surface area contributed by atoms with E-state index >= 15 is 0 Å². The third-order valence-electron chi connectivity index (χ3n) is 3.60. The van der Waals surface area contributed by atoms with E-state index in [0.29, 0.717) is 22.8 Å². The first-order valence-electron chi connectivity index (χ1n) is 7.95. The van der Waals surface area contributed by atoms with Gasteiger partial charge in [-0.05, 0) is 37.3 Å². The number of benzene rings is 2. The normalized spacial score (nSPS) is 9.89. The Labute approximate surface area is 166 Å². The number of halogens is 1. The summed E-state index contributed by atoms with van der Waals surface area (Å²) in [5, 5.41) is 16.5. The Morgan fingerprint density at radius 1 is 1.07 bits per heavy atom. The van der Waals surface area contributed by atoms with Crippen LogP contribution in [0.3, 0.4) is 0 Å². The average Bonchev–Trinajstić information content (AvgIpc) is 2.61. The van der Waals surface area contributed by atoms with Crippen LogP contribution in [0, 0.1) is 17.0 Å². The third-order valence-corrected chi connectivity index (χ3v) is 3.60. The lowest BCUT2D eigenvalue weighted by atomic mass is 10.1. The van der Waals surface area contributed by atoms with E-state index in [0.717, 1.165) is 5.69 Å². The van der Waals surface area contributed by atoms with Gasteiger partial charge in [0.05, 0.1) is 4.92 Å². The maximum atomic E-state index is 12.4. The van der Waals surface area contributed by atoms with Crippen LogP contribution in [0.25, 0.3) is 0 Å². The van der Waals surface area contributed by atoms with Crippen LogP contribution in [0.2, 0.25) is 0 Å². The summed E-state index contributed by atoms with van der Waals surface area (Å²) in [6.07, 6.45) is 0. The maximum Gasteiger partial charge on any atom is 0.269 e. The number of hydrogen-bond donors (Lipinski definition) is 3. The molecule has 2 aromatic carbocycles. The zero-order valence-corrected chi connectivity index (χ0v) is 15.6. The van der Waals surface area contributed by atoms with Crippen LogP contribution in [-0.4, -0.2) is 20.8 Å². The Morgan fingerprint density at radius 3 is 2.43 bits per heavy atom. The number of aryl methyl sites for hydroxylation is 1. The van der Waals surface area contributed by atoms with Crippen molar-refractivity contribution >= 4 is 47.1 Å². The standard InChI is InChI=1S/C18H16N6O3.ClH/c1-11-9-16(23-18(19)20-11)21-14-4-2-3-12(10-14)17(25)22-13-5-7-15(8-6-13)24(26)27;/h2-10H,1H3,(H,22,25)(H3,19,20,21,23);1H. The molecular weight excluding hydrogens is 384 g/mol. The van der Waals surface area contributed by atoms with E-state index < -0.39 is 4.92 Å². The molecule has 0 radical (unpaired) electrons. The Morgan fingerprint density at radius 2 is 1.79 bits per heavy atom. The molecule has 0 saturated carbocycles. The summed E-state index contributed by atoms with van der Waals surface area (Å²) < 4.78 is 0. The lowest BCUT2D eigenvalue weighted by Crippen LogP contribution is -2.12. The predicted molar refractivity (Wildman–Crippen MR) is 109 cm³/mol. The number of rotatable bonds is 5. The van der Waals surface area contributed by atoms with E-state index in [1.165, 1.54) is 24.3 Å². The van der Waals surface area contributed by atoms with Gasteiger partial charge >= 0.3 is 0 Å². The fourth-order valence-corrected chi connectivity index (χ4v) is 2.41. The summed E-state index contributed by atoms with van der Waals surface area (Å²) in [5.74, 6) is 0.336. The second kappa shape index (κ2) is 8.78. The van der Waals surface area contributed by atoms with E-state index in [9.17, 15) is 14.9 Å². The molecule has 144 valence electrons. The summed E-state index contributed by atoms with van der Waals surface area (Å²) in [6.45, 7) is 1.80. The number of carbonyl (C=O) groups excluding carboxylic acids is 1. The first-order valence-corrected chi connectivity index (χ1v) is 7.95. The highest BCUT2D eigenvalue weighted by Gasteiger charge is 2.09. The van der Waals surface area contributed by atoms with Gasteiger partial charge in [0, 0.05) is 40.8 Å². The lowest BCUT2D eigenvalue weighted by Gasteiger charge is -2.09. The third kappa shape index (κ3) is 5.15. The van der Waals surface area contributed by atoms with E-state index in [2.05, 4.69) is 20.6 Å². The van der Waals surface area contributed by atoms with Crippen LogP contribution in [0.15, 0.2) is 54.6 Å². The number of hydrogen-bond acceptors (Lipinski definition) is 7. The molecule has 0 spiro atoms. The number of nitro benzene ring substituents is 1. The van der Waals surface area contributed by atoms with Gasteiger partial charge < -0.3 is 16.4 Å². The van der Waals surface area contributed by atoms with Crippen LogP contribution in [0.5, 0.6) is 0 Å². The highest BCUT2D eigenvalue weighted by Crippen LogP contribution is 2.19. The van der Waals surface area contributed by atoms with Gasteiger partial charge in [0.1, 0.15) is 5.82 Å². The van der Waals surface area contributed by atoms with Crippen molar-refractivity contribution in [2.45, 2.75) is 6.92 Å². The van der Waals surface area contributed by atoms with Gasteiger partial charge in [-0.3, -0.25) is 14.9 Å². The molecule has 3 rings (SSSR count). The van der Waals surface area contributed by atoms with Crippen LogP contribution in [0.1, 0.15) is 16.1 Å². The minimum absolute atomic E-state index is 0. The number of aromatic nitrogens is 2. The van der Waals surface area contributed by atoms with Crippen molar-refractivity contribution in [3.8, 4) is 0 Å². The van der Waals surface area contributed by atoms with Gasteiger partial charge in [-0.25, -0.2) is 4.98 Å². The first kappa shape index (κ1) is 20.6. The second-order valence-electron chi connectivity index (χ2n) is 5.72. The van der Waals surface area contributed by atoms with Gasteiger partial charge in [-0.1, -0.05) is 6.07 Å². The molecule has 0 aliphatic heterocycles. The first-order chi connectivity index (χ1) is 12.9. The molecule has 1 heterocycles. The number of nitrogen functional groups attached to an aromatic ring is 1. The zero-order valence-electron chi connectivity index (χ0n) is 14.7. The molecule has 0 aliphatic carbocycles. The van der Waals surface area contributed by atoms with Crippen molar-refractivity contribution in [2.24, 2.45) is 0 Å². The predicted octanol–water partition coefficient (Wildman–Crippen LogP) is 3.69. The van der Waals surface area contributed by atoms with Crippen molar-refractivity contribution in [1.82, 2.24) is 9.97 Å². The zero-order chi connectivity index (χ0) is 19.4. The second-order valence-corrected chi connectivity index (χ2v) is 5.72. The Kier molecular flexibility index (Phi) is 6.46. The van der Waals surface area contributed by atoms with Gasteiger partial charge in [0.2, 0.25) is 5.95 Å². The van der Waals surface area contributed by atoms with Crippen molar-refractivity contribution in [3.05, 3.63) is 76.0 Å². The summed E-state index contributed by atoms with van der Waals surface area (Å²) in [4.78, 5) is 30.7. The molecule has 0 unspecified atom stereocenters. The molecule has 4 N–H and O–H groups in total. The Hall–Kier alpha value is -3.72. The molecule has 9 nitrogen and oxygen atoms in total. The number of nitrogens with zero attached hydrogens (tertiary/aromatic N) is 3. The van der Waals surface area contributed by atoms with E-state index in [1.807, 2.05) is 0 Å². The van der Waals surface area contributed by atoms with E-state index in [4.69, 9.17) is 5.73 Å². The van der Waals surface area contributed by atoms with Crippen molar-refractivity contribution in [1.29, 1.82) is 0 Å². The minimum atomic E-state index is -0.498. The number of non-ortho nitro benzene ring substituents is 1. The highest BCUT2D eigenvalue weighted by molar-refractivity contribution is 6.04. The van der Waals surface area contributed by atoms with E-state index in [1.54, 1.807) is 37.3 Å². The van der Waals surface area contributed by atoms with Gasteiger partial charge in [-0.2, -0.15) is 4.98 Å². The number of nitrogens with two attached hydrogens (primary N) is 1. The fourth-order valence-electron chi connectivity index (χ4n) is 2.41. The fraction of sp³-hybridized carbons (Fsp3) is 0.0556. The topological polar surface area (TPSA) is 136 Å².